The molecule has 0 aliphatic carbocycles. The number of Topliss-reactive ketones (excluding diaryl/α,β-unsaturated/α-hetero) is 2. The zero-order valence-electron chi connectivity index (χ0n) is 6.51. The predicted octanol–water partition coefficient (Wildman–Crippen LogP) is 0.851. The van der Waals surface area contributed by atoms with Crippen LogP contribution in [0.2, 0.25) is 0 Å². The monoisotopic (exact) mass is 216 g/mol. The van der Waals surface area contributed by atoms with Gasteiger partial charge in [-0.05, 0) is 6.92 Å². The molecule has 0 saturated carbocycles. The topological polar surface area (TPSA) is 58.7 Å². The summed E-state index contributed by atoms with van der Waals surface area (Å²) < 4.78 is 0. The van der Waals surface area contributed by atoms with Gasteiger partial charge >= 0.3 is 0 Å². The summed E-state index contributed by atoms with van der Waals surface area (Å²) in [5, 5.41) is 8.85. The van der Waals surface area contributed by atoms with E-state index in [9.17, 15) is 9.59 Å². The van der Waals surface area contributed by atoms with E-state index in [1.807, 2.05) is 0 Å². The summed E-state index contributed by atoms with van der Waals surface area (Å²) in [7, 11) is 0. The molecule has 0 aromatic carbocycles. The number of carbonyl (C=O) groups is 2. The molecule has 69 valence electrons. The van der Waals surface area contributed by atoms with Crippen LogP contribution in [-0.4, -0.2) is 16.7 Å². The van der Waals surface area contributed by atoms with Crippen LogP contribution in [-0.2, 0) is 26.7 Å². The molecule has 0 saturated heterocycles. The summed E-state index contributed by atoms with van der Waals surface area (Å²) >= 11 is 0. The SMILES string of the molecule is [C-]#[N+]/C(C(C)=O)=C(/O)C(C)=O.[Cu]. The van der Waals surface area contributed by atoms with Crippen LogP contribution in [0.3, 0.4) is 0 Å². The van der Waals surface area contributed by atoms with Crippen molar-refractivity contribution in [2.45, 2.75) is 13.8 Å². The van der Waals surface area contributed by atoms with Gasteiger partial charge in [-0.2, -0.15) is 0 Å². The molecule has 0 aliphatic rings. The van der Waals surface area contributed by atoms with Crippen molar-refractivity contribution in [2.75, 3.05) is 0 Å². The number of nitrogens with zero attached hydrogens (tertiary/aromatic N) is 1. The van der Waals surface area contributed by atoms with Crippen LogP contribution >= 0.6 is 0 Å². The Bertz CT molecular complexity index is 275. The van der Waals surface area contributed by atoms with E-state index in [0.717, 1.165) is 13.8 Å². The van der Waals surface area contributed by atoms with Gasteiger partial charge in [0.15, 0.2) is 17.3 Å². The standard InChI is InChI=1S/C7H7NO3.Cu/c1-4(9)6(8-3)7(11)5(2)10;/h11H,1-2H3;/b7-6+;. The number of carbonyl (C=O) groups excluding carboxylic acids is 2. The van der Waals surface area contributed by atoms with Crippen LogP contribution < -0.4 is 0 Å². The number of aliphatic hydroxyl groups excluding tert-OH is 1. The summed E-state index contributed by atoms with van der Waals surface area (Å²) in [6.45, 7) is 8.65. The van der Waals surface area contributed by atoms with Gasteiger partial charge in [-0.25, -0.2) is 4.85 Å². The Hall–Kier alpha value is -1.11. The normalized spacial score (nSPS) is 10.4. The van der Waals surface area contributed by atoms with Crippen LogP contribution in [0.25, 0.3) is 4.85 Å². The van der Waals surface area contributed by atoms with Crippen LogP contribution in [0.1, 0.15) is 13.8 Å². The molecule has 1 radical (unpaired) electrons. The van der Waals surface area contributed by atoms with Crippen molar-refractivity contribution in [2.24, 2.45) is 0 Å². The molecule has 0 amide bonds. The molecule has 0 aromatic heterocycles. The third-order valence-electron chi connectivity index (χ3n) is 1.00. The number of hydrogen-bond donors (Lipinski definition) is 1. The van der Waals surface area contributed by atoms with Gasteiger partial charge in [0.1, 0.15) is 0 Å². The van der Waals surface area contributed by atoms with Gasteiger partial charge in [-0.15, -0.1) is 0 Å². The summed E-state index contributed by atoms with van der Waals surface area (Å²) in [5.74, 6) is -2.04. The molecule has 12 heavy (non-hydrogen) atoms. The second kappa shape index (κ2) is 5.53. The minimum atomic E-state index is -0.757. The fraction of sp³-hybridized carbons (Fsp3) is 0.286. The van der Waals surface area contributed by atoms with E-state index >= 15 is 0 Å². The number of hydrogen-bond acceptors (Lipinski definition) is 3. The van der Waals surface area contributed by atoms with Crippen molar-refractivity contribution in [3.63, 3.8) is 0 Å². The molecular formula is C7H7CuNO3. The Morgan fingerprint density at radius 2 is 1.67 bits per heavy atom. The van der Waals surface area contributed by atoms with Crippen LogP contribution in [0.4, 0.5) is 0 Å². The Labute approximate surface area is 80.6 Å². The van der Waals surface area contributed by atoms with Gasteiger partial charge in [0.05, 0.1) is 6.57 Å². The first-order valence-corrected chi connectivity index (χ1v) is 2.83. The summed E-state index contributed by atoms with van der Waals surface area (Å²) in [6, 6.07) is 0. The van der Waals surface area contributed by atoms with E-state index in [2.05, 4.69) is 4.85 Å². The van der Waals surface area contributed by atoms with Gasteiger partial charge < -0.3 is 9.90 Å². The molecule has 4 nitrogen and oxygen atoms in total. The Kier molecular flexibility index (Phi) is 6.21. The van der Waals surface area contributed by atoms with Crippen LogP contribution in [0, 0.1) is 6.57 Å². The van der Waals surface area contributed by atoms with E-state index < -0.39 is 23.0 Å². The molecule has 0 fully saturated rings. The van der Waals surface area contributed by atoms with Crippen molar-refractivity contribution in [1.29, 1.82) is 0 Å². The Morgan fingerprint density at radius 1 is 1.25 bits per heavy atom. The third kappa shape index (κ3) is 3.33. The third-order valence-corrected chi connectivity index (χ3v) is 1.00. The average Bonchev–Trinajstić information content (AvgIpc) is 1.88. The molecule has 0 aliphatic heterocycles. The number of allylic oxidation sites excluding steroid dienone is 2. The van der Waals surface area contributed by atoms with E-state index in [1.165, 1.54) is 0 Å². The molecule has 5 heteroatoms. The van der Waals surface area contributed by atoms with E-state index in [1.54, 1.807) is 0 Å². The molecule has 1 N–H and O–H groups in total. The minimum absolute atomic E-state index is 0. The first-order chi connectivity index (χ1) is 5.00. The second-order valence-corrected chi connectivity index (χ2v) is 1.92. The largest absolute Gasteiger partial charge is 0.516 e. The quantitative estimate of drug-likeness (QED) is 0.322. The van der Waals surface area contributed by atoms with E-state index in [-0.39, 0.29) is 17.1 Å². The summed E-state index contributed by atoms with van der Waals surface area (Å²) in [5.41, 5.74) is -0.502. The summed E-state index contributed by atoms with van der Waals surface area (Å²) in [6.07, 6.45) is 0. The van der Waals surface area contributed by atoms with Gasteiger partial charge in [-0.3, -0.25) is 4.79 Å². The molecule has 0 heterocycles. The smallest absolute Gasteiger partial charge is 0.273 e. The maximum Gasteiger partial charge on any atom is 0.273 e. The van der Waals surface area contributed by atoms with Crippen molar-refractivity contribution >= 4 is 11.6 Å². The first kappa shape index (κ1) is 13.5. The van der Waals surface area contributed by atoms with Crippen molar-refractivity contribution in [3.8, 4) is 0 Å². The van der Waals surface area contributed by atoms with Crippen LogP contribution in [0.5, 0.6) is 0 Å². The van der Waals surface area contributed by atoms with Gasteiger partial charge in [0.2, 0.25) is 0 Å². The van der Waals surface area contributed by atoms with Crippen molar-refractivity contribution < 1.29 is 31.8 Å². The number of ketones is 2. The van der Waals surface area contributed by atoms with Crippen LogP contribution in [0.15, 0.2) is 11.5 Å². The molecule has 0 aromatic rings. The molecule has 0 rings (SSSR count). The fourth-order valence-electron chi connectivity index (χ4n) is 0.465. The molecule has 0 unspecified atom stereocenters. The van der Waals surface area contributed by atoms with E-state index in [4.69, 9.17) is 11.7 Å². The molecule has 0 spiro atoms. The van der Waals surface area contributed by atoms with E-state index in [0.29, 0.717) is 0 Å². The Morgan fingerprint density at radius 3 is 1.75 bits per heavy atom. The van der Waals surface area contributed by atoms with Gasteiger partial charge in [0.25, 0.3) is 5.70 Å². The minimum Gasteiger partial charge on any atom is -0.516 e. The van der Waals surface area contributed by atoms with Gasteiger partial charge in [-0.1, -0.05) is 0 Å². The zero-order valence-corrected chi connectivity index (χ0v) is 7.45. The average molecular weight is 217 g/mol. The maximum absolute atomic E-state index is 10.5. The van der Waals surface area contributed by atoms with Crippen molar-refractivity contribution in [1.82, 2.24) is 0 Å². The van der Waals surface area contributed by atoms with Gasteiger partial charge in [0, 0.05) is 24.0 Å². The summed E-state index contributed by atoms with van der Waals surface area (Å²) in [4.78, 5) is 23.7. The zero-order chi connectivity index (χ0) is 9.02. The first-order valence-electron chi connectivity index (χ1n) is 2.83. The van der Waals surface area contributed by atoms with Crippen molar-refractivity contribution in [3.05, 3.63) is 22.9 Å². The molecule has 0 bridgehead atoms. The Balaban J connectivity index is 0. The number of rotatable bonds is 2. The number of aliphatic hydroxyl groups is 1. The maximum atomic E-state index is 10.5. The predicted molar refractivity (Wildman–Crippen MR) is 37.6 cm³/mol. The fourth-order valence-corrected chi connectivity index (χ4v) is 0.465. The molecular weight excluding hydrogens is 210 g/mol. The second-order valence-electron chi connectivity index (χ2n) is 1.92. The molecule has 0 atom stereocenters.